The molecule has 1 atom stereocenters. The number of hydrogen-bond acceptors (Lipinski definition) is 5. The lowest BCUT2D eigenvalue weighted by Gasteiger charge is -2.21. The number of halogens is 1. The van der Waals surface area contributed by atoms with Gasteiger partial charge >= 0.3 is 0 Å². The van der Waals surface area contributed by atoms with Crippen LogP contribution in [0.1, 0.15) is 37.7 Å². The van der Waals surface area contributed by atoms with Crippen LogP contribution in [-0.4, -0.2) is 47.9 Å². The van der Waals surface area contributed by atoms with Crippen LogP contribution in [0.5, 0.6) is 0 Å². The van der Waals surface area contributed by atoms with Gasteiger partial charge in [0.15, 0.2) is 0 Å². The minimum absolute atomic E-state index is 0.232. The first kappa shape index (κ1) is 15.5. The van der Waals surface area contributed by atoms with Crippen molar-refractivity contribution in [1.82, 2.24) is 29.7 Å². The molecule has 1 aliphatic heterocycles. The van der Waals surface area contributed by atoms with Crippen LogP contribution in [-0.2, 0) is 19.2 Å². The molecule has 0 aliphatic carbocycles. The molecule has 7 nitrogen and oxygen atoms in total. The maximum absolute atomic E-state index is 10.9. The Labute approximate surface area is 134 Å². The number of aliphatic hydroxyl groups is 1. The monoisotopic (exact) mass is 324 g/mol. The summed E-state index contributed by atoms with van der Waals surface area (Å²) in [6, 6.07) is 0.232. The number of likely N-dealkylation sites (tertiary alicyclic amines) is 1. The highest BCUT2D eigenvalue weighted by Crippen LogP contribution is 2.32. The molecule has 1 N–H and O–H groups in total. The number of hydrogen-bond donors (Lipinski definition) is 1. The molecular weight excluding hydrogens is 304 g/mol. The highest BCUT2D eigenvalue weighted by Gasteiger charge is 2.40. The largest absolute Gasteiger partial charge is 0.382 e. The van der Waals surface area contributed by atoms with E-state index in [4.69, 9.17) is 11.6 Å². The van der Waals surface area contributed by atoms with Crippen molar-refractivity contribution in [3.8, 4) is 0 Å². The quantitative estimate of drug-likeness (QED) is 0.919. The zero-order valence-electron chi connectivity index (χ0n) is 13.1. The topological polar surface area (TPSA) is 72.0 Å². The Morgan fingerprint density at radius 3 is 2.82 bits per heavy atom. The summed E-state index contributed by atoms with van der Waals surface area (Å²) < 4.78 is 3.54. The molecule has 0 bridgehead atoms. The fourth-order valence-corrected chi connectivity index (χ4v) is 3.01. The van der Waals surface area contributed by atoms with Crippen molar-refractivity contribution in [2.75, 3.05) is 13.1 Å². The van der Waals surface area contributed by atoms with Crippen molar-refractivity contribution in [3.63, 3.8) is 0 Å². The third kappa shape index (κ3) is 2.76. The van der Waals surface area contributed by atoms with Gasteiger partial charge in [-0.3, -0.25) is 9.58 Å². The smallest absolute Gasteiger partial charge is 0.124 e. The first-order chi connectivity index (χ1) is 10.4. The van der Waals surface area contributed by atoms with Crippen molar-refractivity contribution >= 4 is 11.6 Å². The Morgan fingerprint density at radius 1 is 1.45 bits per heavy atom. The summed E-state index contributed by atoms with van der Waals surface area (Å²) in [5.41, 5.74) is 0.648. The van der Waals surface area contributed by atoms with E-state index >= 15 is 0 Å². The molecule has 2 aromatic heterocycles. The zero-order chi connectivity index (χ0) is 15.9. The number of rotatable bonds is 4. The van der Waals surface area contributed by atoms with Gasteiger partial charge in [0.05, 0.1) is 23.1 Å². The summed E-state index contributed by atoms with van der Waals surface area (Å²) in [5, 5.41) is 23.9. The first-order valence-electron chi connectivity index (χ1n) is 7.42. The molecule has 120 valence electrons. The third-order valence-electron chi connectivity index (χ3n) is 4.23. The van der Waals surface area contributed by atoms with E-state index in [1.807, 2.05) is 27.1 Å². The van der Waals surface area contributed by atoms with Crippen LogP contribution < -0.4 is 0 Å². The lowest BCUT2D eigenvalue weighted by molar-refractivity contribution is 0.0406. The summed E-state index contributed by atoms with van der Waals surface area (Å²) in [7, 11) is 1.87. The fraction of sp³-hybridized carbons (Fsp3) is 0.643. The number of β-amino-alcohol motifs (C(OH)–C–C–N with tert-alkyl or cyclic N) is 1. The maximum Gasteiger partial charge on any atom is 0.124 e. The average Bonchev–Trinajstić information content (AvgIpc) is 3.15. The molecule has 0 unspecified atom stereocenters. The molecular formula is C14H21ClN6O. The minimum atomic E-state index is -0.946. The highest BCUT2D eigenvalue weighted by atomic mass is 35.5. The second kappa shape index (κ2) is 5.64. The van der Waals surface area contributed by atoms with Crippen LogP contribution in [0.25, 0.3) is 0 Å². The van der Waals surface area contributed by atoms with E-state index in [2.05, 4.69) is 20.3 Å². The van der Waals surface area contributed by atoms with Crippen molar-refractivity contribution < 1.29 is 5.11 Å². The third-order valence-corrected chi connectivity index (χ3v) is 4.54. The lowest BCUT2D eigenvalue weighted by Crippen LogP contribution is -2.31. The summed E-state index contributed by atoms with van der Waals surface area (Å²) in [5.74, 6) is 0. The number of aryl methyl sites for hydroxylation is 1. The van der Waals surface area contributed by atoms with Gasteiger partial charge in [-0.05, 0) is 20.3 Å². The van der Waals surface area contributed by atoms with E-state index < -0.39 is 5.60 Å². The van der Waals surface area contributed by atoms with Gasteiger partial charge in [-0.2, -0.15) is 5.10 Å². The van der Waals surface area contributed by atoms with E-state index in [-0.39, 0.29) is 6.04 Å². The van der Waals surface area contributed by atoms with Crippen molar-refractivity contribution in [2.45, 2.75) is 38.5 Å². The van der Waals surface area contributed by atoms with Crippen LogP contribution in [0.3, 0.4) is 0 Å². The SMILES string of the molecule is CC(C)n1cc([C@@]2(O)CCN(Cc3c(Cl)cnn3C)C2)nn1. The molecule has 2 aromatic rings. The van der Waals surface area contributed by atoms with Gasteiger partial charge in [-0.1, -0.05) is 16.8 Å². The normalized spacial score (nSPS) is 22.8. The zero-order valence-corrected chi connectivity index (χ0v) is 13.8. The van der Waals surface area contributed by atoms with E-state index in [0.717, 1.165) is 12.2 Å². The molecule has 3 rings (SSSR count). The van der Waals surface area contributed by atoms with E-state index in [0.29, 0.717) is 30.2 Å². The fourth-order valence-electron chi connectivity index (χ4n) is 2.78. The average molecular weight is 325 g/mol. The first-order valence-corrected chi connectivity index (χ1v) is 7.80. The van der Waals surface area contributed by atoms with Gasteiger partial charge in [0, 0.05) is 32.7 Å². The second-order valence-corrected chi connectivity index (χ2v) is 6.64. The second-order valence-electron chi connectivity index (χ2n) is 6.23. The highest BCUT2D eigenvalue weighted by molar-refractivity contribution is 6.31. The maximum atomic E-state index is 10.9. The molecule has 0 radical (unpaired) electrons. The predicted molar refractivity (Wildman–Crippen MR) is 82.4 cm³/mol. The molecule has 0 amide bonds. The van der Waals surface area contributed by atoms with Crippen LogP contribution in [0, 0.1) is 0 Å². The molecule has 1 fully saturated rings. The van der Waals surface area contributed by atoms with E-state index in [1.54, 1.807) is 15.6 Å². The van der Waals surface area contributed by atoms with Crippen molar-refractivity contribution in [1.29, 1.82) is 0 Å². The van der Waals surface area contributed by atoms with Gasteiger partial charge in [0.2, 0.25) is 0 Å². The van der Waals surface area contributed by atoms with E-state index in [1.165, 1.54) is 0 Å². The van der Waals surface area contributed by atoms with Crippen LogP contribution in [0.4, 0.5) is 0 Å². The molecule has 8 heteroatoms. The summed E-state index contributed by atoms with van der Waals surface area (Å²) in [4.78, 5) is 2.16. The number of nitrogens with zero attached hydrogens (tertiary/aromatic N) is 6. The lowest BCUT2D eigenvalue weighted by atomic mass is 10.00. The standard InChI is InChI=1S/C14H21ClN6O/c1-10(2)21-8-13(17-18-21)14(22)4-5-20(9-14)7-12-11(15)6-16-19(12)3/h6,8,10,22H,4-5,7,9H2,1-3H3/t14-/m1/s1. The van der Waals surface area contributed by atoms with Gasteiger partial charge in [0.25, 0.3) is 0 Å². The molecule has 0 aromatic carbocycles. The Morgan fingerprint density at radius 2 is 2.23 bits per heavy atom. The summed E-state index contributed by atoms with van der Waals surface area (Å²) in [6.07, 6.45) is 4.12. The summed E-state index contributed by atoms with van der Waals surface area (Å²) >= 11 is 6.15. The molecule has 1 aliphatic rings. The van der Waals surface area contributed by atoms with Gasteiger partial charge in [-0.15, -0.1) is 5.10 Å². The van der Waals surface area contributed by atoms with Crippen molar-refractivity contribution in [3.05, 3.63) is 28.8 Å². The Bertz CT molecular complexity index is 647. The van der Waals surface area contributed by atoms with Gasteiger partial charge in [0.1, 0.15) is 11.3 Å². The molecule has 1 saturated heterocycles. The molecule has 0 spiro atoms. The Kier molecular flexibility index (Phi) is 3.96. The summed E-state index contributed by atoms with van der Waals surface area (Å²) in [6.45, 7) is 6.04. The molecule has 22 heavy (non-hydrogen) atoms. The number of aromatic nitrogens is 5. The minimum Gasteiger partial charge on any atom is -0.382 e. The Hall–Kier alpha value is -1.44. The van der Waals surface area contributed by atoms with Crippen LogP contribution in [0.2, 0.25) is 5.02 Å². The van der Waals surface area contributed by atoms with Crippen molar-refractivity contribution in [2.24, 2.45) is 7.05 Å². The van der Waals surface area contributed by atoms with Crippen LogP contribution >= 0.6 is 11.6 Å². The Balaban J connectivity index is 1.73. The van der Waals surface area contributed by atoms with E-state index in [9.17, 15) is 5.11 Å². The van der Waals surface area contributed by atoms with Gasteiger partial charge in [-0.25, -0.2) is 4.68 Å². The molecule has 3 heterocycles. The van der Waals surface area contributed by atoms with Crippen LogP contribution in [0.15, 0.2) is 12.4 Å². The van der Waals surface area contributed by atoms with Gasteiger partial charge < -0.3 is 5.11 Å². The molecule has 0 saturated carbocycles. The predicted octanol–water partition coefficient (Wildman–Crippen LogP) is 1.34.